The van der Waals surface area contributed by atoms with Gasteiger partial charge >= 0.3 is 5.69 Å². The molecule has 1 aromatic rings. The van der Waals surface area contributed by atoms with Gasteiger partial charge in [0.1, 0.15) is 5.56 Å². The highest BCUT2D eigenvalue weighted by atomic mass is 127. The highest BCUT2D eigenvalue weighted by Crippen LogP contribution is 2.21. The van der Waals surface area contributed by atoms with E-state index in [4.69, 9.17) is 0 Å². The smallest absolute Gasteiger partial charge is 0.332 e. The number of nitrogens with zero attached hydrogens (tertiary/aromatic N) is 1. The van der Waals surface area contributed by atoms with E-state index >= 15 is 0 Å². The van der Waals surface area contributed by atoms with Crippen molar-refractivity contribution in [1.82, 2.24) is 4.98 Å². The molecule has 5 nitrogen and oxygen atoms in total. The summed E-state index contributed by atoms with van der Waals surface area (Å²) < 4.78 is 24.5. The summed E-state index contributed by atoms with van der Waals surface area (Å²) in [5, 5.41) is 10.2. The molecule has 1 rings (SSSR count). The first-order valence-electron chi connectivity index (χ1n) is 3.28. The maximum Gasteiger partial charge on any atom is 0.332 e. The van der Waals surface area contributed by atoms with E-state index < -0.39 is 28.0 Å². The summed E-state index contributed by atoms with van der Waals surface area (Å²) in [6.07, 6.45) is -2.22. The van der Waals surface area contributed by atoms with Crippen molar-refractivity contribution in [3.8, 4) is 0 Å². The lowest BCUT2D eigenvalue weighted by molar-refractivity contribution is -0.386. The average molecular weight is 316 g/mol. The average Bonchev–Trinajstić information content (AvgIpc) is 2.02. The van der Waals surface area contributed by atoms with Gasteiger partial charge in [-0.2, -0.15) is 0 Å². The molecule has 0 spiro atoms. The van der Waals surface area contributed by atoms with Gasteiger partial charge in [-0.3, -0.25) is 14.9 Å². The number of nitrogens with one attached hydrogen (secondary N) is 1. The molecule has 0 aliphatic heterocycles. The largest absolute Gasteiger partial charge is 0.350 e. The second kappa shape index (κ2) is 3.98. The van der Waals surface area contributed by atoms with Crippen LogP contribution >= 0.6 is 22.6 Å². The Kier molecular flexibility index (Phi) is 3.13. The van der Waals surface area contributed by atoms with E-state index in [1.165, 1.54) is 22.6 Å². The van der Waals surface area contributed by atoms with Crippen LogP contribution in [0.5, 0.6) is 0 Å². The van der Waals surface area contributed by atoms with Crippen molar-refractivity contribution in [2.75, 3.05) is 0 Å². The van der Waals surface area contributed by atoms with E-state index in [1.54, 1.807) is 0 Å². The first kappa shape index (κ1) is 11.0. The Morgan fingerprint density at radius 3 is 2.57 bits per heavy atom. The molecule has 0 atom stereocenters. The van der Waals surface area contributed by atoms with Gasteiger partial charge in [0.2, 0.25) is 0 Å². The molecule has 1 aromatic heterocycles. The maximum absolute atomic E-state index is 12.3. The number of rotatable bonds is 2. The molecule has 0 amide bonds. The van der Waals surface area contributed by atoms with Crippen molar-refractivity contribution < 1.29 is 13.7 Å². The normalized spacial score (nSPS) is 10.6. The molecular weight excluding hydrogens is 313 g/mol. The predicted molar refractivity (Wildman–Crippen MR) is 51.4 cm³/mol. The number of nitro groups is 1. The van der Waals surface area contributed by atoms with Gasteiger partial charge in [-0.1, -0.05) is 0 Å². The van der Waals surface area contributed by atoms with Gasteiger partial charge in [0, 0.05) is 0 Å². The van der Waals surface area contributed by atoms with Gasteiger partial charge in [0.15, 0.2) is 0 Å². The summed E-state index contributed by atoms with van der Waals surface area (Å²) in [4.78, 5) is 22.6. The number of halogens is 3. The molecule has 0 saturated carbocycles. The third-order valence-electron chi connectivity index (χ3n) is 1.46. The van der Waals surface area contributed by atoms with E-state index in [0.717, 1.165) is 6.20 Å². The Labute approximate surface area is 89.4 Å². The molecule has 0 fully saturated rings. The standard InChI is InChI=1S/C6H3F2IN2O3/c7-5(8)3-4(12)2(11(13)14)1-10-6(3)9/h1,5H,(H,10,12). The minimum absolute atomic E-state index is 0.0896. The third kappa shape index (κ3) is 1.89. The van der Waals surface area contributed by atoms with Gasteiger partial charge in [-0.25, -0.2) is 8.78 Å². The van der Waals surface area contributed by atoms with Gasteiger partial charge in [0.25, 0.3) is 11.9 Å². The molecule has 8 heteroatoms. The summed E-state index contributed by atoms with van der Waals surface area (Å²) >= 11 is 1.48. The van der Waals surface area contributed by atoms with Crippen LogP contribution < -0.4 is 5.43 Å². The van der Waals surface area contributed by atoms with E-state index in [-0.39, 0.29) is 3.70 Å². The fourth-order valence-electron chi connectivity index (χ4n) is 0.843. The van der Waals surface area contributed by atoms with Crippen LogP contribution in [-0.2, 0) is 0 Å². The monoisotopic (exact) mass is 316 g/mol. The summed E-state index contributed by atoms with van der Waals surface area (Å²) in [6, 6.07) is 0. The van der Waals surface area contributed by atoms with Crippen LogP contribution in [0, 0.1) is 13.8 Å². The van der Waals surface area contributed by atoms with Crippen LogP contribution in [0.4, 0.5) is 14.5 Å². The zero-order valence-electron chi connectivity index (χ0n) is 6.46. The lowest BCUT2D eigenvalue weighted by Gasteiger charge is -2.01. The Balaban J connectivity index is 3.50. The third-order valence-corrected chi connectivity index (χ3v) is 2.36. The Bertz CT molecular complexity index is 432. The van der Waals surface area contributed by atoms with Crippen molar-refractivity contribution in [3.63, 3.8) is 0 Å². The molecule has 0 radical (unpaired) electrons. The van der Waals surface area contributed by atoms with Crippen molar-refractivity contribution in [1.29, 1.82) is 0 Å². The molecule has 14 heavy (non-hydrogen) atoms. The van der Waals surface area contributed by atoms with E-state index in [2.05, 4.69) is 4.98 Å². The second-order valence-electron chi connectivity index (χ2n) is 2.29. The lowest BCUT2D eigenvalue weighted by Crippen LogP contribution is -2.16. The molecule has 0 aromatic carbocycles. The molecule has 0 aliphatic carbocycles. The van der Waals surface area contributed by atoms with Gasteiger partial charge < -0.3 is 4.98 Å². The Morgan fingerprint density at radius 1 is 1.57 bits per heavy atom. The topological polar surface area (TPSA) is 76.0 Å². The van der Waals surface area contributed by atoms with Crippen molar-refractivity contribution in [2.45, 2.75) is 6.43 Å². The summed E-state index contributed by atoms with van der Waals surface area (Å²) in [7, 11) is 0. The lowest BCUT2D eigenvalue weighted by atomic mass is 10.2. The minimum atomic E-state index is -3.02. The predicted octanol–water partition coefficient (Wildman–Crippen LogP) is 1.83. The molecule has 1 heterocycles. The zero-order valence-corrected chi connectivity index (χ0v) is 8.62. The fourth-order valence-corrected chi connectivity index (χ4v) is 1.48. The number of pyridine rings is 1. The molecule has 76 valence electrons. The Morgan fingerprint density at radius 2 is 2.14 bits per heavy atom. The van der Waals surface area contributed by atoms with Crippen LogP contribution in [0.3, 0.4) is 0 Å². The van der Waals surface area contributed by atoms with Crippen LogP contribution in [0.25, 0.3) is 0 Å². The molecular formula is C6H3F2IN2O3. The summed E-state index contributed by atoms with van der Waals surface area (Å²) in [5.74, 6) is 0. The first-order chi connectivity index (χ1) is 6.45. The highest BCUT2D eigenvalue weighted by molar-refractivity contribution is 14.1. The van der Waals surface area contributed by atoms with Crippen LogP contribution in [0.1, 0.15) is 12.0 Å². The van der Waals surface area contributed by atoms with E-state index in [9.17, 15) is 23.7 Å². The van der Waals surface area contributed by atoms with Crippen molar-refractivity contribution >= 4 is 28.3 Å². The van der Waals surface area contributed by atoms with E-state index in [0.29, 0.717) is 0 Å². The van der Waals surface area contributed by atoms with Crippen molar-refractivity contribution in [3.05, 3.63) is 35.8 Å². The molecule has 0 bridgehead atoms. The number of H-pyrrole nitrogens is 1. The van der Waals surface area contributed by atoms with Gasteiger partial charge in [-0.05, 0) is 22.6 Å². The van der Waals surface area contributed by atoms with E-state index in [1.807, 2.05) is 0 Å². The summed E-state index contributed by atoms with van der Waals surface area (Å²) in [5.41, 5.74) is -2.98. The summed E-state index contributed by atoms with van der Waals surface area (Å²) in [6.45, 7) is 0. The number of hydrogen-bond acceptors (Lipinski definition) is 3. The number of aromatic nitrogens is 1. The van der Waals surface area contributed by atoms with Crippen LogP contribution in [-0.4, -0.2) is 9.91 Å². The number of hydrogen-bond donors (Lipinski definition) is 1. The van der Waals surface area contributed by atoms with Crippen LogP contribution in [0.15, 0.2) is 11.0 Å². The maximum atomic E-state index is 12.3. The van der Waals surface area contributed by atoms with Gasteiger partial charge in [-0.15, -0.1) is 0 Å². The first-order valence-corrected chi connectivity index (χ1v) is 4.36. The van der Waals surface area contributed by atoms with Crippen molar-refractivity contribution in [2.24, 2.45) is 0 Å². The number of aromatic amines is 1. The Hall–Kier alpha value is -1.06. The highest BCUT2D eigenvalue weighted by Gasteiger charge is 2.23. The SMILES string of the molecule is O=c1c([N+](=O)[O-])c[nH]c(I)c1C(F)F. The quantitative estimate of drug-likeness (QED) is 0.391. The molecule has 0 unspecified atom stereocenters. The number of alkyl halides is 2. The van der Waals surface area contributed by atoms with Gasteiger partial charge in [0.05, 0.1) is 14.8 Å². The minimum Gasteiger partial charge on any atom is -0.350 e. The molecule has 0 saturated heterocycles. The molecule has 1 N–H and O–H groups in total. The fraction of sp³-hybridized carbons (Fsp3) is 0.167. The zero-order chi connectivity index (χ0) is 10.9. The molecule has 0 aliphatic rings. The second-order valence-corrected chi connectivity index (χ2v) is 3.37. The van der Waals surface area contributed by atoms with Crippen LogP contribution in [0.2, 0.25) is 0 Å².